The van der Waals surface area contributed by atoms with Crippen LogP contribution >= 0.6 is 11.8 Å². The van der Waals surface area contributed by atoms with Gasteiger partial charge in [0.25, 0.3) is 0 Å². The highest BCUT2D eigenvalue weighted by Crippen LogP contribution is 2.17. The lowest BCUT2D eigenvalue weighted by molar-refractivity contribution is -0.137. The Hall–Kier alpha value is -2.28. The second-order valence-electron chi connectivity index (χ2n) is 5.87. The minimum Gasteiger partial charge on any atom is -0.354 e. The molecule has 0 unspecified atom stereocenters. The molecule has 2 aromatic rings. The molecule has 25 heavy (non-hydrogen) atoms. The van der Waals surface area contributed by atoms with Crippen LogP contribution < -0.4 is 5.32 Å². The van der Waals surface area contributed by atoms with Gasteiger partial charge in [-0.2, -0.15) is 5.10 Å². The molecule has 0 saturated heterocycles. The Morgan fingerprint density at radius 3 is 2.68 bits per heavy atom. The van der Waals surface area contributed by atoms with E-state index in [9.17, 15) is 9.59 Å². The molecular formula is C18H24N4O2S. The van der Waals surface area contributed by atoms with Gasteiger partial charge in [-0.1, -0.05) is 17.7 Å². The number of hydrogen-bond acceptors (Lipinski definition) is 4. The fourth-order valence-corrected chi connectivity index (χ4v) is 3.05. The molecule has 7 heteroatoms. The summed E-state index contributed by atoms with van der Waals surface area (Å²) < 4.78 is 1.58. The van der Waals surface area contributed by atoms with E-state index in [1.165, 1.54) is 15.4 Å². The first-order valence-electron chi connectivity index (χ1n) is 8.17. The van der Waals surface area contributed by atoms with Gasteiger partial charge in [0.2, 0.25) is 11.8 Å². The minimum atomic E-state index is -0.426. The summed E-state index contributed by atoms with van der Waals surface area (Å²) in [5, 5.41) is 6.91. The molecule has 6 nitrogen and oxygen atoms in total. The third kappa shape index (κ3) is 5.94. The van der Waals surface area contributed by atoms with E-state index in [4.69, 9.17) is 0 Å². The Morgan fingerprint density at radius 2 is 2.04 bits per heavy atom. The van der Waals surface area contributed by atoms with Crippen LogP contribution in [0, 0.1) is 6.92 Å². The van der Waals surface area contributed by atoms with Crippen molar-refractivity contribution in [3.8, 4) is 0 Å². The van der Waals surface area contributed by atoms with Crippen LogP contribution in [0.4, 0.5) is 0 Å². The molecule has 0 radical (unpaired) electrons. The minimum absolute atomic E-state index is 0.0413. The Kier molecular flexibility index (Phi) is 7.06. The fraction of sp³-hybridized carbons (Fsp3) is 0.389. The Morgan fingerprint density at radius 1 is 1.32 bits per heavy atom. The van der Waals surface area contributed by atoms with E-state index in [2.05, 4.69) is 41.6 Å². The molecule has 1 N–H and O–H groups in total. The van der Waals surface area contributed by atoms with Crippen LogP contribution in [0.5, 0.6) is 0 Å². The molecule has 0 aliphatic carbocycles. The van der Waals surface area contributed by atoms with E-state index < -0.39 is 6.04 Å². The highest BCUT2D eigenvalue weighted by molar-refractivity contribution is 7.99. The predicted octanol–water partition coefficient (Wildman–Crippen LogP) is 2.12. The number of rotatable bonds is 8. The third-order valence-electron chi connectivity index (χ3n) is 3.75. The van der Waals surface area contributed by atoms with Crippen molar-refractivity contribution < 1.29 is 9.59 Å². The largest absolute Gasteiger partial charge is 0.354 e. The van der Waals surface area contributed by atoms with Crippen LogP contribution in [0.25, 0.3) is 0 Å². The zero-order chi connectivity index (χ0) is 18.2. The van der Waals surface area contributed by atoms with Gasteiger partial charge in [-0.05, 0) is 32.0 Å². The smallest absolute Gasteiger partial charge is 0.247 e. The van der Waals surface area contributed by atoms with Crippen molar-refractivity contribution in [2.24, 2.45) is 0 Å². The van der Waals surface area contributed by atoms with E-state index in [0.717, 1.165) is 5.75 Å². The first kappa shape index (κ1) is 19.1. The number of carbonyl (C=O) groups excluding carboxylic acids is 2. The molecular weight excluding hydrogens is 336 g/mol. The normalized spacial score (nSPS) is 11.8. The standard InChI is InChI=1S/C18H24N4O2S/c1-14-5-7-16(8-6-14)25-12-10-19-17(23)13-21(3)18(24)15(2)22-11-4-9-20-22/h4-9,11,15H,10,12-13H2,1-3H3,(H,19,23)/t15-/m0/s1. The Bertz CT molecular complexity index is 686. The molecule has 1 heterocycles. The van der Waals surface area contributed by atoms with Crippen LogP contribution in [0.1, 0.15) is 18.5 Å². The van der Waals surface area contributed by atoms with Gasteiger partial charge in [-0.3, -0.25) is 14.3 Å². The summed E-state index contributed by atoms with van der Waals surface area (Å²) in [6.45, 7) is 4.43. The first-order chi connectivity index (χ1) is 12.0. The summed E-state index contributed by atoms with van der Waals surface area (Å²) in [7, 11) is 1.63. The van der Waals surface area contributed by atoms with Crippen LogP contribution in [-0.2, 0) is 9.59 Å². The van der Waals surface area contributed by atoms with Gasteiger partial charge in [0, 0.05) is 36.6 Å². The second-order valence-corrected chi connectivity index (χ2v) is 7.04. The van der Waals surface area contributed by atoms with Crippen molar-refractivity contribution in [3.05, 3.63) is 48.3 Å². The zero-order valence-corrected chi connectivity index (χ0v) is 15.6. The molecule has 1 aromatic heterocycles. The molecule has 0 aliphatic heterocycles. The second kappa shape index (κ2) is 9.27. The van der Waals surface area contributed by atoms with Crippen LogP contribution in [-0.4, -0.2) is 52.4 Å². The van der Waals surface area contributed by atoms with E-state index in [1.807, 2.05) is 0 Å². The number of amides is 2. The number of carbonyl (C=O) groups is 2. The van der Waals surface area contributed by atoms with Crippen molar-refractivity contribution in [1.82, 2.24) is 20.0 Å². The fourth-order valence-electron chi connectivity index (χ4n) is 2.28. The van der Waals surface area contributed by atoms with E-state index >= 15 is 0 Å². The lowest BCUT2D eigenvalue weighted by Crippen LogP contribution is -2.41. The molecule has 134 valence electrons. The topological polar surface area (TPSA) is 67.2 Å². The number of benzene rings is 1. The molecule has 1 aromatic carbocycles. The van der Waals surface area contributed by atoms with E-state index in [0.29, 0.717) is 6.54 Å². The van der Waals surface area contributed by atoms with Crippen LogP contribution in [0.15, 0.2) is 47.6 Å². The summed E-state index contributed by atoms with van der Waals surface area (Å²) >= 11 is 1.69. The molecule has 0 saturated carbocycles. The molecule has 2 rings (SSSR count). The number of aryl methyl sites for hydroxylation is 1. The lowest BCUT2D eigenvalue weighted by atomic mass is 10.2. The van der Waals surface area contributed by atoms with E-state index in [-0.39, 0.29) is 18.4 Å². The summed E-state index contributed by atoms with van der Waals surface area (Å²) in [6, 6.07) is 9.63. The van der Waals surface area contributed by atoms with Gasteiger partial charge < -0.3 is 10.2 Å². The van der Waals surface area contributed by atoms with Crippen molar-refractivity contribution in [2.45, 2.75) is 24.8 Å². The Balaban J connectivity index is 1.68. The maximum absolute atomic E-state index is 12.3. The molecule has 0 fully saturated rings. The number of hydrogen-bond donors (Lipinski definition) is 1. The number of nitrogens with zero attached hydrogens (tertiary/aromatic N) is 3. The van der Waals surface area contributed by atoms with Gasteiger partial charge in [0.1, 0.15) is 6.04 Å². The average molecular weight is 360 g/mol. The molecule has 2 amide bonds. The summed E-state index contributed by atoms with van der Waals surface area (Å²) in [5.74, 6) is 0.483. The number of nitrogens with one attached hydrogen (secondary N) is 1. The predicted molar refractivity (Wildman–Crippen MR) is 99.5 cm³/mol. The number of likely N-dealkylation sites (N-methyl/N-ethyl adjacent to an activating group) is 1. The molecule has 0 bridgehead atoms. The number of thioether (sulfide) groups is 1. The zero-order valence-electron chi connectivity index (χ0n) is 14.8. The quantitative estimate of drug-likeness (QED) is 0.578. The molecule has 0 spiro atoms. The lowest BCUT2D eigenvalue weighted by Gasteiger charge is -2.21. The van der Waals surface area contributed by atoms with Crippen LogP contribution in [0.2, 0.25) is 0 Å². The van der Waals surface area contributed by atoms with E-state index in [1.54, 1.807) is 48.9 Å². The molecule has 1 atom stereocenters. The molecule has 0 aliphatic rings. The van der Waals surface area contributed by atoms with Crippen molar-refractivity contribution in [3.63, 3.8) is 0 Å². The highest BCUT2D eigenvalue weighted by atomic mass is 32.2. The third-order valence-corrected chi connectivity index (χ3v) is 4.76. The van der Waals surface area contributed by atoms with Crippen molar-refractivity contribution in [2.75, 3.05) is 25.9 Å². The van der Waals surface area contributed by atoms with Gasteiger partial charge in [0.05, 0.1) is 6.54 Å². The monoisotopic (exact) mass is 360 g/mol. The summed E-state index contributed by atoms with van der Waals surface area (Å²) in [6.07, 6.45) is 3.36. The maximum atomic E-state index is 12.3. The number of aromatic nitrogens is 2. The van der Waals surface area contributed by atoms with Crippen molar-refractivity contribution >= 4 is 23.6 Å². The first-order valence-corrected chi connectivity index (χ1v) is 9.16. The van der Waals surface area contributed by atoms with Crippen molar-refractivity contribution in [1.29, 1.82) is 0 Å². The van der Waals surface area contributed by atoms with Gasteiger partial charge in [-0.15, -0.1) is 11.8 Å². The SMILES string of the molecule is Cc1ccc(SCCNC(=O)CN(C)C(=O)[C@H](C)n2cccn2)cc1. The van der Waals surface area contributed by atoms with Gasteiger partial charge in [0.15, 0.2) is 0 Å². The summed E-state index contributed by atoms with van der Waals surface area (Å²) in [4.78, 5) is 26.9. The maximum Gasteiger partial charge on any atom is 0.247 e. The highest BCUT2D eigenvalue weighted by Gasteiger charge is 2.20. The average Bonchev–Trinajstić information content (AvgIpc) is 3.13. The summed E-state index contributed by atoms with van der Waals surface area (Å²) in [5.41, 5.74) is 1.23. The van der Waals surface area contributed by atoms with Crippen LogP contribution in [0.3, 0.4) is 0 Å². The van der Waals surface area contributed by atoms with Gasteiger partial charge in [-0.25, -0.2) is 0 Å². The Labute approximate surface area is 152 Å². The van der Waals surface area contributed by atoms with Gasteiger partial charge >= 0.3 is 0 Å².